The number of nitrogens with zero attached hydrogens (tertiary/aromatic N) is 1. The Morgan fingerprint density at radius 2 is 2.35 bits per heavy atom. The lowest BCUT2D eigenvalue weighted by atomic mass is 10.2. The Kier molecular flexibility index (Phi) is 5.19. The zero-order valence-electron chi connectivity index (χ0n) is 10.9. The maximum Gasteiger partial charge on any atom is 0.253 e. The van der Waals surface area contributed by atoms with Crippen molar-refractivity contribution in [3.8, 4) is 0 Å². The van der Waals surface area contributed by atoms with Crippen LogP contribution in [0.3, 0.4) is 0 Å². The average molecular weight is 382 g/mol. The molecule has 1 saturated heterocycles. The number of piperazine rings is 1. The number of rotatable bonds is 4. The second kappa shape index (κ2) is 6.52. The number of carbonyl (C=O) groups excluding carboxylic acids is 1. The van der Waals surface area contributed by atoms with E-state index in [1.165, 1.54) is 4.31 Å². The molecule has 1 aromatic rings. The molecular weight excluding hydrogens is 366 g/mol. The fourth-order valence-electron chi connectivity index (χ4n) is 2.04. The lowest BCUT2D eigenvalue weighted by molar-refractivity contribution is -0.125. The first-order valence-electron chi connectivity index (χ1n) is 6.22. The molecule has 0 radical (unpaired) electrons. The van der Waals surface area contributed by atoms with Gasteiger partial charge in [0.1, 0.15) is 10.3 Å². The molecule has 9 heteroatoms. The van der Waals surface area contributed by atoms with Gasteiger partial charge in [0, 0.05) is 26.2 Å². The molecule has 0 aliphatic carbocycles. The van der Waals surface area contributed by atoms with Crippen LogP contribution >= 0.6 is 27.3 Å². The molecule has 1 unspecified atom stereocenters. The van der Waals surface area contributed by atoms with Crippen LogP contribution in [0.5, 0.6) is 0 Å². The van der Waals surface area contributed by atoms with E-state index in [0.29, 0.717) is 26.2 Å². The maximum absolute atomic E-state index is 12.6. The normalized spacial score (nSPS) is 20.8. The lowest BCUT2D eigenvalue weighted by Gasteiger charge is -2.33. The van der Waals surface area contributed by atoms with E-state index >= 15 is 0 Å². The van der Waals surface area contributed by atoms with Crippen molar-refractivity contribution in [1.29, 1.82) is 0 Å². The molecule has 2 N–H and O–H groups in total. The number of amides is 1. The molecule has 1 aliphatic rings. The van der Waals surface area contributed by atoms with Gasteiger partial charge in [-0.1, -0.05) is 0 Å². The fourth-order valence-corrected chi connectivity index (χ4v) is 5.77. The summed E-state index contributed by atoms with van der Waals surface area (Å²) in [7, 11) is -3.63. The number of carbonyl (C=O) groups is 1. The van der Waals surface area contributed by atoms with E-state index in [4.69, 9.17) is 0 Å². The van der Waals surface area contributed by atoms with Crippen LogP contribution in [0.4, 0.5) is 0 Å². The molecular formula is C11H16BrN3O3S2. The molecule has 2 rings (SSSR count). The van der Waals surface area contributed by atoms with Crippen LogP contribution in [-0.2, 0) is 14.8 Å². The second-order valence-corrected chi connectivity index (χ2v) is 8.87. The van der Waals surface area contributed by atoms with Gasteiger partial charge in [0.2, 0.25) is 5.91 Å². The summed E-state index contributed by atoms with van der Waals surface area (Å²) >= 11 is 4.41. The van der Waals surface area contributed by atoms with E-state index in [9.17, 15) is 13.2 Å². The molecule has 1 amide bonds. The molecule has 1 aromatic heterocycles. The first kappa shape index (κ1) is 15.9. The minimum absolute atomic E-state index is 0.251. The van der Waals surface area contributed by atoms with Gasteiger partial charge < -0.3 is 10.6 Å². The summed E-state index contributed by atoms with van der Waals surface area (Å²) in [5.41, 5.74) is 0. The summed E-state index contributed by atoms with van der Waals surface area (Å²) in [6.07, 6.45) is 0. The number of halogens is 1. The Labute approximate surface area is 130 Å². The van der Waals surface area contributed by atoms with Crippen LogP contribution in [0, 0.1) is 0 Å². The zero-order chi connectivity index (χ0) is 14.8. The van der Waals surface area contributed by atoms with E-state index in [1.807, 2.05) is 6.92 Å². The summed E-state index contributed by atoms with van der Waals surface area (Å²) in [5.74, 6) is -0.265. The minimum Gasteiger partial charge on any atom is -0.355 e. The smallest absolute Gasteiger partial charge is 0.253 e. The number of thiophene rings is 1. The Hall–Kier alpha value is -0.480. The van der Waals surface area contributed by atoms with Crippen molar-refractivity contribution < 1.29 is 13.2 Å². The molecule has 0 spiro atoms. The summed E-state index contributed by atoms with van der Waals surface area (Å²) < 4.78 is 27.5. The Bertz CT molecular complexity index is 587. The van der Waals surface area contributed by atoms with Gasteiger partial charge in [0.05, 0.1) is 3.79 Å². The Balaban J connectivity index is 2.29. The van der Waals surface area contributed by atoms with Crippen molar-refractivity contribution in [2.24, 2.45) is 0 Å². The minimum atomic E-state index is -3.63. The molecule has 2 heterocycles. The van der Waals surface area contributed by atoms with Gasteiger partial charge in [0.25, 0.3) is 10.0 Å². The van der Waals surface area contributed by atoms with Crippen LogP contribution in [0.1, 0.15) is 6.92 Å². The summed E-state index contributed by atoms with van der Waals surface area (Å²) in [4.78, 5) is 12.0. The van der Waals surface area contributed by atoms with Crippen LogP contribution < -0.4 is 10.6 Å². The highest BCUT2D eigenvalue weighted by molar-refractivity contribution is 9.11. The number of hydrogen-bond acceptors (Lipinski definition) is 5. The van der Waals surface area contributed by atoms with Crippen molar-refractivity contribution >= 4 is 43.2 Å². The first-order valence-corrected chi connectivity index (χ1v) is 9.27. The largest absolute Gasteiger partial charge is 0.355 e. The fraction of sp³-hybridized carbons (Fsp3) is 0.545. The molecule has 0 saturated carbocycles. The van der Waals surface area contributed by atoms with Gasteiger partial charge >= 0.3 is 0 Å². The third-order valence-corrected chi connectivity index (χ3v) is 6.96. The van der Waals surface area contributed by atoms with Crippen molar-refractivity contribution in [2.45, 2.75) is 17.2 Å². The number of sulfonamides is 1. The molecule has 1 atom stereocenters. The lowest BCUT2D eigenvalue weighted by Crippen LogP contribution is -2.59. The van der Waals surface area contributed by atoms with Crippen LogP contribution in [0.2, 0.25) is 0 Å². The average Bonchev–Trinajstić information content (AvgIpc) is 2.86. The van der Waals surface area contributed by atoms with E-state index < -0.39 is 16.1 Å². The van der Waals surface area contributed by atoms with Crippen molar-refractivity contribution in [3.63, 3.8) is 0 Å². The highest BCUT2D eigenvalue weighted by Gasteiger charge is 2.38. The zero-order valence-corrected chi connectivity index (χ0v) is 14.1. The molecule has 1 fully saturated rings. The Morgan fingerprint density at radius 3 is 2.95 bits per heavy atom. The summed E-state index contributed by atoms with van der Waals surface area (Å²) in [5, 5.41) is 5.74. The number of hydrogen-bond donors (Lipinski definition) is 2. The van der Waals surface area contributed by atoms with E-state index in [0.717, 1.165) is 15.1 Å². The molecule has 20 heavy (non-hydrogen) atoms. The van der Waals surface area contributed by atoms with Crippen LogP contribution in [0.15, 0.2) is 20.1 Å². The quantitative estimate of drug-likeness (QED) is 0.800. The SMILES string of the molecule is CCNC(=O)C1CNCCN1S(=O)(=O)c1ccc(Br)s1. The predicted octanol–water partition coefficient (Wildman–Crippen LogP) is 0.609. The highest BCUT2D eigenvalue weighted by atomic mass is 79.9. The highest BCUT2D eigenvalue weighted by Crippen LogP contribution is 2.29. The molecule has 0 aromatic carbocycles. The number of likely N-dealkylation sites (N-methyl/N-ethyl adjacent to an activating group) is 1. The van der Waals surface area contributed by atoms with Gasteiger partial charge in [-0.3, -0.25) is 4.79 Å². The third kappa shape index (κ3) is 3.22. The maximum atomic E-state index is 12.6. The van der Waals surface area contributed by atoms with E-state index in [2.05, 4.69) is 26.6 Å². The van der Waals surface area contributed by atoms with E-state index in [-0.39, 0.29) is 10.1 Å². The first-order chi connectivity index (χ1) is 9.46. The predicted molar refractivity (Wildman–Crippen MR) is 81.3 cm³/mol. The van der Waals surface area contributed by atoms with E-state index in [1.54, 1.807) is 12.1 Å². The van der Waals surface area contributed by atoms with Gasteiger partial charge in [0.15, 0.2) is 0 Å². The number of nitrogens with one attached hydrogen (secondary N) is 2. The third-order valence-electron chi connectivity index (χ3n) is 2.96. The van der Waals surface area contributed by atoms with Crippen LogP contribution in [0.25, 0.3) is 0 Å². The van der Waals surface area contributed by atoms with Crippen molar-refractivity contribution in [3.05, 3.63) is 15.9 Å². The van der Waals surface area contributed by atoms with Gasteiger partial charge in [-0.05, 0) is 35.0 Å². The van der Waals surface area contributed by atoms with Gasteiger partial charge in [-0.2, -0.15) is 4.31 Å². The van der Waals surface area contributed by atoms with Crippen LogP contribution in [-0.4, -0.2) is 50.9 Å². The molecule has 0 bridgehead atoms. The van der Waals surface area contributed by atoms with Crippen molar-refractivity contribution in [2.75, 3.05) is 26.2 Å². The Morgan fingerprint density at radius 1 is 1.60 bits per heavy atom. The summed E-state index contributed by atoms with van der Waals surface area (Å²) in [6, 6.07) is 2.55. The molecule has 6 nitrogen and oxygen atoms in total. The topological polar surface area (TPSA) is 78.5 Å². The molecule has 1 aliphatic heterocycles. The second-order valence-electron chi connectivity index (χ2n) is 4.29. The van der Waals surface area contributed by atoms with Gasteiger partial charge in [-0.15, -0.1) is 11.3 Å². The van der Waals surface area contributed by atoms with Gasteiger partial charge in [-0.25, -0.2) is 8.42 Å². The summed E-state index contributed by atoms with van der Waals surface area (Å²) in [6.45, 7) is 3.45. The monoisotopic (exact) mass is 381 g/mol. The standard InChI is InChI=1S/C11H16BrN3O3S2/c1-2-14-11(16)8-7-13-5-6-15(8)20(17,18)10-4-3-9(12)19-10/h3-4,8,13H,2,5-7H2,1H3,(H,14,16). The van der Waals surface area contributed by atoms with Crippen molar-refractivity contribution in [1.82, 2.24) is 14.9 Å². The molecule has 112 valence electrons.